The van der Waals surface area contributed by atoms with E-state index in [9.17, 15) is 0 Å². The first-order chi connectivity index (χ1) is 9.38. The van der Waals surface area contributed by atoms with E-state index in [1.807, 2.05) is 12.1 Å². The van der Waals surface area contributed by atoms with Crippen molar-refractivity contribution in [2.24, 2.45) is 0 Å². The lowest BCUT2D eigenvalue weighted by Crippen LogP contribution is -2.09. The Kier molecular flexibility index (Phi) is 5.00. The van der Waals surface area contributed by atoms with Gasteiger partial charge in [0.05, 0.1) is 11.7 Å². The Hall–Kier alpha value is -0.700. The number of benzene rings is 2. The minimum Gasteiger partial charge on any atom is -0.377 e. The molecule has 1 N–H and O–H groups in total. The SMILES string of the molecule is Cc1cc(C)c(NC(C)c2ccc(Cl)cc2Cl)c(Br)c1. The molecular formula is C16H16BrCl2N. The van der Waals surface area contributed by atoms with Crippen LogP contribution in [0, 0.1) is 13.8 Å². The van der Waals surface area contributed by atoms with Crippen LogP contribution in [0.25, 0.3) is 0 Å². The number of rotatable bonds is 3. The minimum absolute atomic E-state index is 0.0949. The summed E-state index contributed by atoms with van der Waals surface area (Å²) >= 11 is 15.8. The molecule has 0 saturated carbocycles. The van der Waals surface area contributed by atoms with Crippen LogP contribution in [0.15, 0.2) is 34.8 Å². The van der Waals surface area contributed by atoms with Gasteiger partial charge in [0.25, 0.3) is 0 Å². The first kappa shape index (κ1) is 15.7. The summed E-state index contributed by atoms with van der Waals surface area (Å²) in [6.07, 6.45) is 0. The van der Waals surface area contributed by atoms with Gasteiger partial charge in [-0.2, -0.15) is 0 Å². The summed E-state index contributed by atoms with van der Waals surface area (Å²) in [7, 11) is 0. The third-order valence-corrected chi connectivity index (χ3v) is 4.41. The number of hydrogen-bond donors (Lipinski definition) is 1. The molecule has 2 aromatic carbocycles. The predicted octanol–water partition coefficient (Wildman–Crippen LogP) is 6.55. The van der Waals surface area contributed by atoms with E-state index < -0.39 is 0 Å². The molecule has 1 nitrogen and oxygen atoms in total. The van der Waals surface area contributed by atoms with Crippen molar-refractivity contribution in [1.29, 1.82) is 0 Å². The summed E-state index contributed by atoms with van der Waals surface area (Å²) in [6.45, 7) is 6.26. The molecule has 106 valence electrons. The lowest BCUT2D eigenvalue weighted by molar-refractivity contribution is 0.881. The van der Waals surface area contributed by atoms with Crippen LogP contribution in [0.4, 0.5) is 5.69 Å². The second-order valence-electron chi connectivity index (χ2n) is 4.97. The molecule has 20 heavy (non-hydrogen) atoms. The van der Waals surface area contributed by atoms with Crippen molar-refractivity contribution in [2.75, 3.05) is 5.32 Å². The maximum atomic E-state index is 6.26. The van der Waals surface area contributed by atoms with Crippen molar-refractivity contribution in [3.05, 3.63) is 61.5 Å². The molecule has 0 amide bonds. The van der Waals surface area contributed by atoms with E-state index in [0.29, 0.717) is 10.0 Å². The first-order valence-corrected chi connectivity index (χ1v) is 7.91. The van der Waals surface area contributed by atoms with Crippen LogP contribution in [0.5, 0.6) is 0 Å². The molecule has 0 spiro atoms. The molecule has 0 aromatic heterocycles. The van der Waals surface area contributed by atoms with Crippen LogP contribution in [-0.2, 0) is 0 Å². The highest BCUT2D eigenvalue weighted by Gasteiger charge is 2.13. The van der Waals surface area contributed by atoms with Crippen molar-refractivity contribution < 1.29 is 0 Å². The fourth-order valence-corrected chi connectivity index (χ4v) is 3.61. The van der Waals surface area contributed by atoms with E-state index in [-0.39, 0.29) is 6.04 Å². The summed E-state index contributed by atoms with van der Waals surface area (Å²) < 4.78 is 1.06. The highest BCUT2D eigenvalue weighted by atomic mass is 79.9. The third-order valence-electron chi connectivity index (χ3n) is 3.22. The summed E-state index contributed by atoms with van der Waals surface area (Å²) in [4.78, 5) is 0. The Bertz CT molecular complexity index is 617. The van der Waals surface area contributed by atoms with Gasteiger partial charge in [0.15, 0.2) is 0 Å². The molecule has 0 fully saturated rings. The van der Waals surface area contributed by atoms with Crippen LogP contribution in [0.2, 0.25) is 10.0 Å². The van der Waals surface area contributed by atoms with E-state index >= 15 is 0 Å². The zero-order valence-corrected chi connectivity index (χ0v) is 14.7. The maximum absolute atomic E-state index is 6.26. The Morgan fingerprint density at radius 2 is 1.80 bits per heavy atom. The second-order valence-corrected chi connectivity index (χ2v) is 6.67. The average Bonchev–Trinajstić information content (AvgIpc) is 2.33. The second kappa shape index (κ2) is 6.38. The molecule has 4 heteroatoms. The van der Waals surface area contributed by atoms with E-state index in [1.54, 1.807) is 6.07 Å². The fourth-order valence-electron chi connectivity index (χ4n) is 2.25. The smallest absolute Gasteiger partial charge is 0.0519 e. The number of hydrogen-bond acceptors (Lipinski definition) is 1. The predicted molar refractivity (Wildman–Crippen MR) is 92.1 cm³/mol. The molecule has 0 aliphatic rings. The quantitative estimate of drug-likeness (QED) is 0.644. The highest BCUT2D eigenvalue weighted by molar-refractivity contribution is 9.10. The van der Waals surface area contributed by atoms with Gasteiger partial charge < -0.3 is 5.32 Å². The van der Waals surface area contributed by atoms with E-state index in [4.69, 9.17) is 23.2 Å². The van der Waals surface area contributed by atoms with Crippen molar-refractivity contribution in [2.45, 2.75) is 26.8 Å². The molecule has 0 bridgehead atoms. The number of aryl methyl sites for hydroxylation is 2. The van der Waals surface area contributed by atoms with Gasteiger partial charge >= 0.3 is 0 Å². The summed E-state index contributed by atoms with van der Waals surface area (Å²) in [5, 5.41) is 4.84. The Morgan fingerprint density at radius 1 is 1.10 bits per heavy atom. The topological polar surface area (TPSA) is 12.0 Å². The first-order valence-electron chi connectivity index (χ1n) is 6.36. The van der Waals surface area contributed by atoms with Crippen molar-refractivity contribution >= 4 is 44.8 Å². The van der Waals surface area contributed by atoms with Crippen molar-refractivity contribution in [1.82, 2.24) is 0 Å². The van der Waals surface area contributed by atoms with Crippen LogP contribution >= 0.6 is 39.1 Å². The van der Waals surface area contributed by atoms with Gasteiger partial charge in [0, 0.05) is 14.5 Å². The van der Waals surface area contributed by atoms with Crippen LogP contribution in [0.3, 0.4) is 0 Å². The molecule has 0 heterocycles. The van der Waals surface area contributed by atoms with Crippen LogP contribution < -0.4 is 5.32 Å². The van der Waals surface area contributed by atoms with Gasteiger partial charge in [0.1, 0.15) is 0 Å². The standard InChI is InChI=1S/C16H16BrCl2N/c1-9-6-10(2)16(14(17)7-9)20-11(3)13-5-4-12(18)8-15(13)19/h4-8,11,20H,1-3H3. The Balaban J connectivity index is 2.30. The number of anilines is 1. The van der Waals surface area contributed by atoms with Gasteiger partial charge in [-0.15, -0.1) is 0 Å². The number of nitrogens with one attached hydrogen (secondary N) is 1. The molecule has 1 atom stereocenters. The zero-order chi connectivity index (χ0) is 14.9. The molecular weight excluding hydrogens is 357 g/mol. The molecule has 2 rings (SSSR count). The normalized spacial score (nSPS) is 12.3. The monoisotopic (exact) mass is 371 g/mol. The Morgan fingerprint density at radius 3 is 2.40 bits per heavy atom. The molecule has 0 aliphatic carbocycles. The fraction of sp³-hybridized carbons (Fsp3) is 0.250. The molecule has 2 aromatic rings. The molecule has 1 unspecified atom stereocenters. The highest BCUT2D eigenvalue weighted by Crippen LogP contribution is 2.33. The van der Waals surface area contributed by atoms with Gasteiger partial charge in [-0.1, -0.05) is 35.3 Å². The van der Waals surface area contributed by atoms with Crippen LogP contribution in [-0.4, -0.2) is 0 Å². The average molecular weight is 373 g/mol. The molecule has 0 aliphatic heterocycles. The van der Waals surface area contributed by atoms with Gasteiger partial charge in [-0.05, 0) is 71.6 Å². The van der Waals surface area contributed by atoms with Gasteiger partial charge in [-0.25, -0.2) is 0 Å². The Labute approximate surface area is 138 Å². The lowest BCUT2D eigenvalue weighted by atomic mass is 10.1. The van der Waals surface area contributed by atoms with E-state index in [1.165, 1.54) is 11.1 Å². The zero-order valence-electron chi connectivity index (χ0n) is 11.6. The summed E-state index contributed by atoms with van der Waals surface area (Å²) in [6, 6.07) is 9.94. The summed E-state index contributed by atoms with van der Waals surface area (Å²) in [5.41, 5.74) is 4.56. The van der Waals surface area contributed by atoms with Crippen molar-refractivity contribution in [3.63, 3.8) is 0 Å². The lowest BCUT2D eigenvalue weighted by Gasteiger charge is -2.20. The molecule has 0 saturated heterocycles. The van der Waals surface area contributed by atoms with Gasteiger partial charge in [0.2, 0.25) is 0 Å². The van der Waals surface area contributed by atoms with Gasteiger partial charge in [-0.3, -0.25) is 0 Å². The van der Waals surface area contributed by atoms with E-state index in [2.05, 4.69) is 54.2 Å². The number of halogens is 3. The van der Waals surface area contributed by atoms with Crippen molar-refractivity contribution in [3.8, 4) is 0 Å². The summed E-state index contributed by atoms with van der Waals surface area (Å²) in [5.74, 6) is 0. The third kappa shape index (κ3) is 3.49. The largest absolute Gasteiger partial charge is 0.377 e. The minimum atomic E-state index is 0.0949. The van der Waals surface area contributed by atoms with E-state index in [0.717, 1.165) is 15.7 Å². The molecule has 0 radical (unpaired) electrons. The van der Waals surface area contributed by atoms with Crippen LogP contribution in [0.1, 0.15) is 29.7 Å². The maximum Gasteiger partial charge on any atom is 0.0519 e.